The monoisotopic (exact) mass is 230 g/mol. The van der Waals surface area contributed by atoms with Gasteiger partial charge in [-0.25, -0.2) is 0 Å². The number of rotatable bonds is 1. The third-order valence-electron chi connectivity index (χ3n) is 1.91. The molecule has 0 aliphatic heterocycles. The van der Waals surface area contributed by atoms with Gasteiger partial charge in [0.15, 0.2) is 0 Å². The summed E-state index contributed by atoms with van der Waals surface area (Å²) in [7, 11) is 0. The molecule has 2 nitrogen and oxygen atoms in total. The van der Waals surface area contributed by atoms with E-state index in [9.17, 15) is 13.2 Å². The minimum Gasteiger partial charge on any atom is -0.392 e. The Hall–Kier alpha value is -1.51. The molecule has 0 amide bonds. The van der Waals surface area contributed by atoms with E-state index in [0.717, 1.165) is 12.1 Å². The van der Waals surface area contributed by atoms with Gasteiger partial charge in [-0.05, 0) is 23.8 Å². The van der Waals surface area contributed by atoms with E-state index in [-0.39, 0.29) is 17.7 Å². The first-order valence-electron chi connectivity index (χ1n) is 4.39. The number of aliphatic hydroxyl groups is 2. The van der Waals surface area contributed by atoms with Crippen molar-refractivity contribution in [2.75, 3.05) is 6.61 Å². The van der Waals surface area contributed by atoms with E-state index in [4.69, 9.17) is 10.2 Å². The van der Waals surface area contributed by atoms with Crippen LogP contribution in [0.5, 0.6) is 0 Å². The van der Waals surface area contributed by atoms with Crippen LogP contribution in [0.4, 0.5) is 13.2 Å². The summed E-state index contributed by atoms with van der Waals surface area (Å²) in [6, 6.07) is 2.92. The number of hydrogen-bond donors (Lipinski definition) is 2. The molecule has 0 bridgehead atoms. The smallest absolute Gasteiger partial charge is 0.392 e. The van der Waals surface area contributed by atoms with Crippen molar-refractivity contribution in [2.45, 2.75) is 12.8 Å². The van der Waals surface area contributed by atoms with Crippen molar-refractivity contribution in [2.24, 2.45) is 0 Å². The van der Waals surface area contributed by atoms with E-state index in [2.05, 4.69) is 11.8 Å². The molecule has 0 saturated heterocycles. The molecule has 0 aromatic heterocycles. The molecule has 0 aliphatic rings. The Labute approximate surface area is 90.3 Å². The summed E-state index contributed by atoms with van der Waals surface area (Å²) in [5.41, 5.74) is -0.452. The van der Waals surface area contributed by atoms with Crippen molar-refractivity contribution in [1.29, 1.82) is 0 Å². The molecule has 0 heterocycles. The van der Waals surface area contributed by atoms with Crippen molar-refractivity contribution in [1.82, 2.24) is 0 Å². The molecule has 0 unspecified atom stereocenters. The molecule has 1 aromatic rings. The van der Waals surface area contributed by atoms with Crippen LogP contribution in [0.25, 0.3) is 0 Å². The van der Waals surface area contributed by atoms with Crippen molar-refractivity contribution in [3.63, 3.8) is 0 Å². The van der Waals surface area contributed by atoms with Gasteiger partial charge in [0.2, 0.25) is 0 Å². The maximum Gasteiger partial charge on any atom is 0.416 e. The molecule has 0 aliphatic carbocycles. The Morgan fingerprint density at radius 2 is 1.88 bits per heavy atom. The Morgan fingerprint density at radius 1 is 1.19 bits per heavy atom. The fraction of sp³-hybridized carbons (Fsp3) is 0.273. The van der Waals surface area contributed by atoms with Crippen LogP contribution in [0, 0.1) is 11.8 Å². The summed E-state index contributed by atoms with van der Waals surface area (Å²) in [4.78, 5) is 0. The lowest BCUT2D eigenvalue weighted by Gasteiger charge is -2.09. The number of alkyl halides is 3. The molecule has 0 atom stereocenters. The lowest BCUT2D eigenvalue weighted by Crippen LogP contribution is -2.06. The predicted molar refractivity (Wildman–Crippen MR) is 51.3 cm³/mol. The van der Waals surface area contributed by atoms with Crippen LogP contribution < -0.4 is 0 Å². The van der Waals surface area contributed by atoms with Gasteiger partial charge in [0.1, 0.15) is 6.61 Å². The molecule has 0 fully saturated rings. The molecule has 5 heteroatoms. The largest absolute Gasteiger partial charge is 0.416 e. The fourth-order valence-electron chi connectivity index (χ4n) is 1.16. The summed E-state index contributed by atoms with van der Waals surface area (Å²) >= 11 is 0. The zero-order valence-electron chi connectivity index (χ0n) is 8.17. The highest BCUT2D eigenvalue weighted by Crippen LogP contribution is 2.30. The van der Waals surface area contributed by atoms with Gasteiger partial charge in [0.05, 0.1) is 12.2 Å². The highest BCUT2D eigenvalue weighted by atomic mass is 19.4. The SMILES string of the molecule is OCC#Cc1ccc(C(F)(F)F)cc1CO. The average Bonchev–Trinajstić information content (AvgIpc) is 2.24. The van der Waals surface area contributed by atoms with Crippen LogP contribution >= 0.6 is 0 Å². The Bertz CT molecular complexity index is 427. The Kier molecular flexibility index (Phi) is 3.93. The van der Waals surface area contributed by atoms with Crippen LogP contribution in [0.15, 0.2) is 18.2 Å². The van der Waals surface area contributed by atoms with E-state index < -0.39 is 18.3 Å². The van der Waals surface area contributed by atoms with Crippen molar-refractivity contribution in [3.05, 3.63) is 34.9 Å². The average molecular weight is 230 g/mol. The highest BCUT2D eigenvalue weighted by Gasteiger charge is 2.30. The Balaban J connectivity index is 3.17. The molecule has 0 radical (unpaired) electrons. The van der Waals surface area contributed by atoms with Gasteiger partial charge in [-0.15, -0.1) is 0 Å². The summed E-state index contributed by atoms with van der Waals surface area (Å²) in [5.74, 6) is 4.78. The molecule has 0 spiro atoms. The second kappa shape index (κ2) is 5.01. The third-order valence-corrected chi connectivity index (χ3v) is 1.91. The molecule has 0 saturated carbocycles. The zero-order valence-corrected chi connectivity index (χ0v) is 8.17. The molecular formula is C11H9F3O2. The minimum absolute atomic E-state index is 0.0933. The van der Waals surface area contributed by atoms with Gasteiger partial charge < -0.3 is 10.2 Å². The van der Waals surface area contributed by atoms with E-state index >= 15 is 0 Å². The number of aliphatic hydroxyl groups excluding tert-OH is 2. The van der Waals surface area contributed by atoms with E-state index in [1.54, 1.807) is 0 Å². The number of hydrogen-bond acceptors (Lipinski definition) is 2. The summed E-state index contributed by atoms with van der Waals surface area (Å²) in [6.45, 7) is -0.911. The topological polar surface area (TPSA) is 40.5 Å². The molecule has 1 aromatic carbocycles. The third kappa shape index (κ3) is 2.99. The van der Waals surface area contributed by atoms with Crippen LogP contribution in [0.1, 0.15) is 16.7 Å². The lowest BCUT2D eigenvalue weighted by molar-refractivity contribution is -0.137. The van der Waals surface area contributed by atoms with Crippen LogP contribution in [0.2, 0.25) is 0 Å². The lowest BCUT2D eigenvalue weighted by atomic mass is 10.0. The maximum absolute atomic E-state index is 12.3. The summed E-state index contributed by atoms with van der Waals surface area (Å²) in [5, 5.41) is 17.4. The quantitative estimate of drug-likeness (QED) is 0.718. The number of benzene rings is 1. The zero-order chi connectivity index (χ0) is 12.2. The van der Waals surface area contributed by atoms with Gasteiger partial charge in [-0.1, -0.05) is 11.8 Å². The van der Waals surface area contributed by atoms with Crippen LogP contribution in [-0.2, 0) is 12.8 Å². The molecule has 16 heavy (non-hydrogen) atoms. The van der Waals surface area contributed by atoms with E-state index in [0.29, 0.717) is 0 Å². The van der Waals surface area contributed by atoms with Crippen molar-refractivity contribution < 1.29 is 23.4 Å². The first-order valence-corrected chi connectivity index (χ1v) is 4.39. The summed E-state index contributed by atoms with van der Waals surface area (Å²) in [6.07, 6.45) is -4.44. The highest BCUT2D eigenvalue weighted by molar-refractivity contribution is 5.43. The van der Waals surface area contributed by atoms with E-state index in [1.165, 1.54) is 6.07 Å². The first-order chi connectivity index (χ1) is 7.49. The fourth-order valence-corrected chi connectivity index (χ4v) is 1.16. The maximum atomic E-state index is 12.3. The molecule has 2 N–H and O–H groups in total. The van der Waals surface area contributed by atoms with Gasteiger partial charge in [-0.2, -0.15) is 13.2 Å². The van der Waals surface area contributed by atoms with Gasteiger partial charge >= 0.3 is 6.18 Å². The minimum atomic E-state index is -4.44. The second-order valence-electron chi connectivity index (χ2n) is 2.99. The van der Waals surface area contributed by atoms with Crippen molar-refractivity contribution >= 4 is 0 Å². The molecule has 1 rings (SSSR count). The molecular weight excluding hydrogens is 221 g/mol. The van der Waals surface area contributed by atoms with Gasteiger partial charge in [0.25, 0.3) is 0 Å². The van der Waals surface area contributed by atoms with Crippen LogP contribution in [-0.4, -0.2) is 16.8 Å². The predicted octanol–water partition coefficient (Wildman–Crippen LogP) is 1.54. The van der Waals surface area contributed by atoms with Crippen molar-refractivity contribution in [3.8, 4) is 11.8 Å². The first kappa shape index (κ1) is 12.6. The Morgan fingerprint density at radius 3 is 2.38 bits per heavy atom. The molecule has 86 valence electrons. The van der Waals surface area contributed by atoms with Crippen LogP contribution in [0.3, 0.4) is 0 Å². The second-order valence-corrected chi connectivity index (χ2v) is 2.99. The summed E-state index contributed by atoms with van der Waals surface area (Å²) < 4.78 is 37.0. The van der Waals surface area contributed by atoms with Gasteiger partial charge in [0, 0.05) is 5.56 Å². The standard InChI is InChI=1S/C11H9F3O2/c12-11(13,14)10-4-3-8(2-1-5-15)9(6-10)7-16/h3-4,6,15-16H,5,7H2. The van der Waals surface area contributed by atoms with Gasteiger partial charge in [-0.3, -0.25) is 0 Å². The van der Waals surface area contributed by atoms with E-state index in [1.807, 2.05) is 0 Å². The number of halogens is 3. The normalized spacial score (nSPS) is 10.8.